The lowest BCUT2D eigenvalue weighted by Crippen LogP contribution is -2.14. The molecule has 0 aliphatic heterocycles. The van der Waals surface area contributed by atoms with Crippen molar-refractivity contribution < 1.29 is 9.72 Å². The molecule has 0 saturated carbocycles. The van der Waals surface area contributed by atoms with Crippen LogP contribution in [-0.2, 0) is 0 Å². The summed E-state index contributed by atoms with van der Waals surface area (Å²) in [6.07, 6.45) is 0. The fraction of sp³-hybridized carbons (Fsp3) is 0. The Labute approximate surface area is 114 Å². The van der Waals surface area contributed by atoms with Crippen molar-refractivity contribution in [3.8, 4) is 0 Å². The molecule has 0 aliphatic carbocycles. The standard InChI is InChI=1S/C13H10N2O3S/c16-13(14-10-6-2-4-8-12(10)19)9-5-1-3-7-11(9)15(17)18/h1-8,19H,(H,14,16). The molecular weight excluding hydrogens is 264 g/mol. The van der Waals surface area contributed by atoms with E-state index in [1.165, 1.54) is 18.2 Å². The van der Waals surface area contributed by atoms with E-state index in [0.29, 0.717) is 10.6 Å². The molecule has 1 amide bonds. The second kappa shape index (κ2) is 5.53. The monoisotopic (exact) mass is 274 g/mol. The van der Waals surface area contributed by atoms with Crippen LogP contribution in [0.5, 0.6) is 0 Å². The van der Waals surface area contributed by atoms with Crippen molar-refractivity contribution in [1.29, 1.82) is 0 Å². The van der Waals surface area contributed by atoms with E-state index in [1.54, 1.807) is 30.3 Å². The molecular formula is C13H10N2O3S. The first-order chi connectivity index (χ1) is 9.09. The number of carbonyl (C=O) groups excluding carboxylic acids is 1. The maximum absolute atomic E-state index is 12.0. The van der Waals surface area contributed by atoms with Gasteiger partial charge in [0.25, 0.3) is 11.6 Å². The molecule has 0 unspecified atom stereocenters. The van der Waals surface area contributed by atoms with Gasteiger partial charge in [-0.25, -0.2) is 0 Å². The Morgan fingerprint density at radius 3 is 2.42 bits per heavy atom. The summed E-state index contributed by atoms with van der Waals surface area (Å²) in [6.45, 7) is 0. The number of hydrogen-bond donors (Lipinski definition) is 2. The SMILES string of the molecule is O=C(Nc1ccccc1S)c1ccccc1[N+](=O)[O-]. The van der Waals surface area contributed by atoms with Gasteiger partial charge in [-0.15, -0.1) is 12.6 Å². The van der Waals surface area contributed by atoms with Gasteiger partial charge in [0.15, 0.2) is 0 Å². The summed E-state index contributed by atoms with van der Waals surface area (Å²) < 4.78 is 0. The predicted octanol–water partition coefficient (Wildman–Crippen LogP) is 3.14. The zero-order valence-electron chi connectivity index (χ0n) is 9.74. The lowest BCUT2D eigenvalue weighted by Gasteiger charge is -2.07. The molecule has 0 fully saturated rings. The van der Waals surface area contributed by atoms with Gasteiger partial charge >= 0.3 is 0 Å². The summed E-state index contributed by atoms with van der Waals surface area (Å²) in [5.74, 6) is -0.534. The summed E-state index contributed by atoms with van der Waals surface area (Å²) in [4.78, 5) is 22.9. The highest BCUT2D eigenvalue weighted by Crippen LogP contribution is 2.22. The van der Waals surface area contributed by atoms with Gasteiger partial charge in [0.1, 0.15) is 5.56 Å². The zero-order valence-corrected chi connectivity index (χ0v) is 10.6. The van der Waals surface area contributed by atoms with Gasteiger partial charge in [0.2, 0.25) is 0 Å². The van der Waals surface area contributed by atoms with Crippen LogP contribution in [0.4, 0.5) is 11.4 Å². The molecule has 0 bridgehead atoms. The van der Waals surface area contributed by atoms with Gasteiger partial charge in [-0.3, -0.25) is 14.9 Å². The van der Waals surface area contributed by atoms with E-state index >= 15 is 0 Å². The highest BCUT2D eigenvalue weighted by atomic mass is 32.1. The Bertz CT molecular complexity index is 643. The Hall–Kier alpha value is -2.34. The first-order valence-corrected chi connectivity index (χ1v) is 5.87. The smallest absolute Gasteiger partial charge is 0.282 e. The van der Waals surface area contributed by atoms with Crippen LogP contribution >= 0.6 is 12.6 Å². The van der Waals surface area contributed by atoms with Crippen LogP contribution in [0.15, 0.2) is 53.4 Å². The number of hydrogen-bond acceptors (Lipinski definition) is 4. The quantitative estimate of drug-likeness (QED) is 0.513. The molecule has 2 aromatic carbocycles. The average Bonchev–Trinajstić information content (AvgIpc) is 2.41. The number of para-hydroxylation sites is 2. The number of anilines is 1. The second-order valence-electron chi connectivity index (χ2n) is 3.75. The number of nitro benzene ring substituents is 1. The van der Waals surface area contributed by atoms with Crippen LogP contribution in [-0.4, -0.2) is 10.8 Å². The molecule has 0 aromatic heterocycles. The summed E-state index contributed by atoms with van der Waals surface area (Å²) in [5, 5.41) is 13.5. The summed E-state index contributed by atoms with van der Waals surface area (Å²) in [7, 11) is 0. The van der Waals surface area contributed by atoms with Gasteiger partial charge in [0, 0.05) is 11.0 Å². The zero-order chi connectivity index (χ0) is 13.8. The molecule has 5 nitrogen and oxygen atoms in total. The number of nitro groups is 1. The van der Waals surface area contributed by atoms with E-state index in [9.17, 15) is 14.9 Å². The minimum Gasteiger partial charge on any atom is -0.321 e. The third kappa shape index (κ3) is 2.92. The summed E-state index contributed by atoms with van der Waals surface area (Å²) in [6, 6.07) is 12.7. The van der Waals surface area contributed by atoms with Crippen molar-refractivity contribution in [2.75, 3.05) is 5.32 Å². The van der Waals surface area contributed by atoms with Gasteiger partial charge in [-0.05, 0) is 18.2 Å². The lowest BCUT2D eigenvalue weighted by atomic mass is 10.1. The fourth-order valence-corrected chi connectivity index (χ4v) is 1.81. The van der Waals surface area contributed by atoms with Gasteiger partial charge < -0.3 is 5.32 Å². The van der Waals surface area contributed by atoms with Crippen molar-refractivity contribution in [2.45, 2.75) is 4.90 Å². The average molecular weight is 274 g/mol. The van der Waals surface area contributed by atoms with Crippen LogP contribution in [0.1, 0.15) is 10.4 Å². The normalized spacial score (nSPS) is 9.95. The van der Waals surface area contributed by atoms with Crippen LogP contribution in [0.3, 0.4) is 0 Å². The Morgan fingerprint density at radius 1 is 1.11 bits per heavy atom. The number of thiol groups is 1. The van der Waals surface area contributed by atoms with Crippen molar-refractivity contribution in [1.82, 2.24) is 0 Å². The molecule has 6 heteroatoms. The topological polar surface area (TPSA) is 72.2 Å². The highest BCUT2D eigenvalue weighted by molar-refractivity contribution is 7.80. The van der Waals surface area contributed by atoms with Crippen molar-refractivity contribution in [2.24, 2.45) is 0 Å². The molecule has 0 aliphatic rings. The van der Waals surface area contributed by atoms with Crippen LogP contribution in [0.2, 0.25) is 0 Å². The van der Waals surface area contributed by atoms with Gasteiger partial charge in [0.05, 0.1) is 10.6 Å². The van der Waals surface area contributed by atoms with E-state index in [2.05, 4.69) is 17.9 Å². The summed E-state index contributed by atoms with van der Waals surface area (Å²) in [5.41, 5.74) is 0.301. The third-order valence-corrected chi connectivity index (χ3v) is 2.89. The molecule has 1 N–H and O–H groups in total. The number of amides is 1. The highest BCUT2D eigenvalue weighted by Gasteiger charge is 2.19. The number of nitrogens with zero attached hydrogens (tertiary/aromatic N) is 1. The number of nitrogens with one attached hydrogen (secondary N) is 1. The van der Waals surface area contributed by atoms with Crippen molar-refractivity contribution in [3.05, 3.63) is 64.2 Å². The molecule has 0 atom stereocenters. The van der Waals surface area contributed by atoms with E-state index < -0.39 is 10.8 Å². The van der Waals surface area contributed by atoms with E-state index in [4.69, 9.17) is 0 Å². The Kier molecular flexibility index (Phi) is 3.82. The van der Waals surface area contributed by atoms with Crippen LogP contribution in [0, 0.1) is 10.1 Å². The molecule has 0 radical (unpaired) electrons. The van der Waals surface area contributed by atoms with Crippen molar-refractivity contribution in [3.63, 3.8) is 0 Å². The largest absolute Gasteiger partial charge is 0.321 e. The lowest BCUT2D eigenvalue weighted by molar-refractivity contribution is -0.385. The summed E-state index contributed by atoms with van der Waals surface area (Å²) >= 11 is 4.20. The number of rotatable bonds is 3. The maximum atomic E-state index is 12.0. The van der Waals surface area contributed by atoms with Gasteiger partial charge in [-0.1, -0.05) is 24.3 Å². The molecule has 0 heterocycles. The minimum absolute atomic E-state index is 0.0177. The third-order valence-electron chi connectivity index (χ3n) is 2.50. The van der Waals surface area contributed by atoms with Crippen LogP contribution in [0.25, 0.3) is 0 Å². The minimum atomic E-state index is -0.582. The van der Waals surface area contributed by atoms with E-state index in [-0.39, 0.29) is 11.3 Å². The fourth-order valence-electron chi connectivity index (χ4n) is 1.59. The van der Waals surface area contributed by atoms with E-state index in [0.717, 1.165) is 0 Å². The molecule has 0 spiro atoms. The number of benzene rings is 2. The second-order valence-corrected chi connectivity index (χ2v) is 4.23. The maximum Gasteiger partial charge on any atom is 0.282 e. The van der Waals surface area contributed by atoms with Crippen molar-refractivity contribution >= 4 is 29.9 Å². The predicted molar refractivity (Wildman–Crippen MR) is 74.7 cm³/mol. The Balaban J connectivity index is 2.31. The van der Waals surface area contributed by atoms with E-state index in [1.807, 2.05) is 0 Å². The first kappa shape index (κ1) is 13.1. The molecule has 2 aromatic rings. The molecule has 19 heavy (non-hydrogen) atoms. The molecule has 2 rings (SSSR count). The van der Waals surface area contributed by atoms with Gasteiger partial charge in [-0.2, -0.15) is 0 Å². The van der Waals surface area contributed by atoms with Crippen LogP contribution < -0.4 is 5.32 Å². The molecule has 0 saturated heterocycles. The molecule has 96 valence electrons. The Morgan fingerprint density at radius 2 is 1.74 bits per heavy atom. The number of carbonyl (C=O) groups is 1. The first-order valence-electron chi connectivity index (χ1n) is 5.42.